The van der Waals surface area contributed by atoms with Crippen molar-refractivity contribution in [2.45, 2.75) is 36.5 Å². The van der Waals surface area contributed by atoms with Crippen molar-refractivity contribution in [1.29, 1.82) is 0 Å². The van der Waals surface area contributed by atoms with E-state index in [4.69, 9.17) is 9.84 Å². The van der Waals surface area contributed by atoms with E-state index in [1.807, 2.05) is 6.92 Å². The summed E-state index contributed by atoms with van der Waals surface area (Å²) in [5.74, 6) is 0. The Kier molecular flexibility index (Phi) is 5.57. The Morgan fingerprint density at radius 1 is 1.50 bits per heavy atom. The predicted octanol–water partition coefficient (Wildman–Crippen LogP) is 1.47. The van der Waals surface area contributed by atoms with E-state index >= 15 is 0 Å². The van der Waals surface area contributed by atoms with Gasteiger partial charge in [-0.2, -0.15) is 4.31 Å². The van der Waals surface area contributed by atoms with Crippen LogP contribution in [0.5, 0.6) is 0 Å². The zero-order valence-corrected chi connectivity index (χ0v) is 13.3. The van der Waals surface area contributed by atoms with Crippen molar-refractivity contribution in [3.8, 4) is 0 Å². The largest absolute Gasteiger partial charge is 0.396 e. The summed E-state index contributed by atoms with van der Waals surface area (Å²) in [6.07, 6.45) is 2.44. The van der Waals surface area contributed by atoms with Gasteiger partial charge in [-0.3, -0.25) is 0 Å². The minimum Gasteiger partial charge on any atom is -0.396 e. The molecule has 1 aromatic heterocycles. The standard InChI is InChI=1S/C13H21NO4S2/c1-2-14(10-11-4-3-9-18-11)20(16,17)13-6-5-12(19-13)7-8-15/h5-6,11,15H,2-4,7-10H2,1H3. The third-order valence-corrected chi connectivity index (χ3v) is 6.93. The second kappa shape index (κ2) is 7.00. The van der Waals surface area contributed by atoms with Crippen molar-refractivity contribution in [1.82, 2.24) is 4.31 Å². The molecule has 0 aliphatic carbocycles. The summed E-state index contributed by atoms with van der Waals surface area (Å²) in [6.45, 7) is 3.46. The molecule has 0 amide bonds. The number of likely N-dealkylation sites (N-methyl/N-ethyl adjacent to an activating group) is 1. The van der Waals surface area contributed by atoms with Crippen LogP contribution >= 0.6 is 11.3 Å². The Bertz CT molecular complexity index is 520. The molecule has 1 saturated heterocycles. The highest BCUT2D eigenvalue weighted by Gasteiger charge is 2.28. The van der Waals surface area contributed by atoms with Gasteiger partial charge in [-0.05, 0) is 25.0 Å². The summed E-state index contributed by atoms with van der Waals surface area (Å²) < 4.78 is 32.5. The van der Waals surface area contributed by atoms with Crippen LogP contribution in [0.15, 0.2) is 16.3 Å². The highest BCUT2D eigenvalue weighted by molar-refractivity contribution is 7.91. The Morgan fingerprint density at radius 3 is 2.90 bits per heavy atom. The number of hydrogen-bond donors (Lipinski definition) is 1. The smallest absolute Gasteiger partial charge is 0.252 e. The molecule has 5 nitrogen and oxygen atoms in total. The molecule has 1 aliphatic heterocycles. The lowest BCUT2D eigenvalue weighted by Gasteiger charge is -2.22. The molecular weight excluding hydrogens is 298 g/mol. The fourth-order valence-corrected chi connectivity index (χ4v) is 5.26. The third kappa shape index (κ3) is 3.59. The van der Waals surface area contributed by atoms with E-state index in [0.717, 1.165) is 24.3 Å². The summed E-state index contributed by atoms with van der Waals surface area (Å²) in [7, 11) is -3.45. The van der Waals surface area contributed by atoms with Gasteiger partial charge in [0.05, 0.1) is 6.10 Å². The molecule has 2 rings (SSSR count). The van der Waals surface area contributed by atoms with E-state index in [-0.39, 0.29) is 12.7 Å². The van der Waals surface area contributed by atoms with Crippen molar-refractivity contribution < 1.29 is 18.3 Å². The van der Waals surface area contributed by atoms with E-state index in [0.29, 0.717) is 23.7 Å². The van der Waals surface area contributed by atoms with Crippen molar-refractivity contribution in [3.63, 3.8) is 0 Å². The molecule has 114 valence electrons. The van der Waals surface area contributed by atoms with Gasteiger partial charge in [-0.15, -0.1) is 11.3 Å². The topological polar surface area (TPSA) is 66.8 Å². The first-order valence-electron chi connectivity index (χ1n) is 6.89. The molecule has 1 aromatic rings. The first-order valence-corrected chi connectivity index (χ1v) is 9.15. The Hall–Kier alpha value is -0.470. The van der Waals surface area contributed by atoms with Crippen LogP contribution in [0.3, 0.4) is 0 Å². The molecule has 1 fully saturated rings. The van der Waals surface area contributed by atoms with Gasteiger partial charge in [0.2, 0.25) is 0 Å². The van der Waals surface area contributed by atoms with Gasteiger partial charge < -0.3 is 9.84 Å². The van der Waals surface area contributed by atoms with Crippen LogP contribution in [-0.4, -0.2) is 50.2 Å². The number of hydrogen-bond acceptors (Lipinski definition) is 5. The average Bonchev–Trinajstić information content (AvgIpc) is 3.07. The average molecular weight is 319 g/mol. The molecule has 0 radical (unpaired) electrons. The molecule has 1 N–H and O–H groups in total. The molecule has 0 bridgehead atoms. The van der Waals surface area contributed by atoms with E-state index in [1.54, 1.807) is 12.1 Å². The van der Waals surface area contributed by atoms with Crippen molar-refractivity contribution in [3.05, 3.63) is 17.0 Å². The third-order valence-electron chi connectivity index (χ3n) is 3.37. The van der Waals surface area contributed by atoms with Crippen LogP contribution in [0.4, 0.5) is 0 Å². The Morgan fingerprint density at radius 2 is 2.30 bits per heavy atom. The van der Waals surface area contributed by atoms with E-state index < -0.39 is 10.0 Å². The van der Waals surface area contributed by atoms with Gasteiger partial charge in [-0.1, -0.05) is 6.92 Å². The van der Waals surface area contributed by atoms with Gasteiger partial charge in [0.1, 0.15) is 4.21 Å². The molecule has 20 heavy (non-hydrogen) atoms. The molecule has 0 spiro atoms. The fourth-order valence-electron chi connectivity index (χ4n) is 2.28. The van der Waals surface area contributed by atoms with Crippen LogP contribution < -0.4 is 0 Å². The van der Waals surface area contributed by atoms with Crippen LogP contribution in [0.25, 0.3) is 0 Å². The molecule has 0 aromatic carbocycles. The molecule has 1 unspecified atom stereocenters. The van der Waals surface area contributed by atoms with Gasteiger partial charge in [-0.25, -0.2) is 8.42 Å². The number of rotatable bonds is 7. The van der Waals surface area contributed by atoms with Crippen molar-refractivity contribution >= 4 is 21.4 Å². The number of ether oxygens (including phenoxy) is 1. The molecule has 1 atom stereocenters. The first-order chi connectivity index (χ1) is 9.57. The zero-order chi connectivity index (χ0) is 14.6. The lowest BCUT2D eigenvalue weighted by Crippen LogP contribution is -2.36. The van der Waals surface area contributed by atoms with Gasteiger partial charge in [0.25, 0.3) is 10.0 Å². The van der Waals surface area contributed by atoms with Gasteiger partial charge in [0.15, 0.2) is 0 Å². The SMILES string of the molecule is CCN(CC1CCCO1)S(=O)(=O)c1ccc(CCO)s1. The molecular formula is C13H21NO4S2. The lowest BCUT2D eigenvalue weighted by molar-refractivity contribution is 0.0947. The number of aliphatic hydroxyl groups excluding tert-OH is 1. The quantitative estimate of drug-likeness (QED) is 0.826. The van der Waals surface area contributed by atoms with E-state index in [1.165, 1.54) is 15.6 Å². The monoisotopic (exact) mass is 319 g/mol. The number of aliphatic hydroxyl groups is 1. The maximum atomic E-state index is 12.6. The molecule has 2 heterocycles. The summed E-state index contributed by atoms with van der Waals surface area (Å²) in [4.78, 5) is 0.888. The second-order valence-corrected chi connectivity index (χ2v) is 8.12. The van der Waals surface area contributed by atoms with Crippen LogP contribution in [0.1, 0.15) is 24.6 Å². The summed E-state index contributed by atoms with van der Waals surface area (Å²) in [5, 5.41) is 8.91. The van der Waals surface area contributed by atoms with Crippen molar-refractivity contribution in [2.75, 3.05) is 26.3 Å². The highest BCUT2D eigenvalue weighted by Crippen LogP contribution is 2.26. The van der Waals surface area contributed by atoms with Crippen molar-refractivity contribution in [2.24, 2.45) is 0 Å². The summed E-state index contributed by atoms with van der Waals surface area (Å²) in [5.41, 5.74) is 0. The van der Waals surface area contributed by atoms with Gasteiger partial charge in [0, 0.05) is 37.6 Å². The lowest BCUT2D eigenvalue weighted by atomic mass is 10.2. The van der Waals surface area contributed by atoms with E-state index in [2.05, 4.69) is 0 Å². The molecule has 0 saturated carbocycles. The summed E-state index contributed by atoms with van der Waals surface area (Å²) >= 11 is 1.24. The minimum absolute atomic E-state index is 0.0154. The minimum atomic E-state index is -3.45. The van der Waals surface area contributed by atoms with Crippen LogP contribution in [0.2, 0.25) is 0 Å². The zero-order valence-electron chi connectivity index (χ0n) is 11.6. The maximum absolute atomic E-state index is 12.6. The fraction of sp³-hybridized carbons (Fsp3) is 0.692. The van der Waals surface area contributed by atoms with Gasteiger partial charge >= 0.3 is 0 Å². The molecule has 7 heteroatoms. The van der Waals surface area contributed by atoms with Crippen LogP contribution in [-0.2, 0) is 21.2 Å². The number of nitrogens with zero attached hydrogens (tertiary/aromatic N) is 1. The Labute approximate surface area is 124 Å². The highest BCUT2D eigenvalue weighted by atomic mass is 32.2. The normalized spacial score (nSPS) is 19.9. The number of sulfonamides is 1. The summed E-state index contributed by atoms with van der Waals surface area (Å²) in [6, 6.07) is 3.40. The van der Waals surface area contributed by atoms with Crippen LogP contribution in [0, 0.1) is 0 Å². The predicted molar refractivity (Wildman–Crippen MR) is 78.5 cm³/mol. The first kappa shape index (κ1) is 15.9. The Balaban J connectivity index is 2.12. The number of thiophene rings is 1. The molecule has 1 aliphatic rings. The maximum Gasteiger partial charge on any atom is 0.252 e. The van der Waals surface area contributed by atoms with E-state index in [9.17, 15) is 8.42 Å². The second-order valence-electron chi connectivity index (χ2n) is 4.79.